The molecule has 0 radical (unpaired) electrons. The summed E-state index contributed by atoms with van der Waals surface area (Å²) in [7, 11) is 0. The Kier molecular flexibility index (Phi) is 4.64. The Bertz CT molecular complexity index is 828. The number of aromatic amines is 1. The summed E-state index contributed by atoms with van der Waals surface area (Å²) in [5, 5.41) is 12.3. The van der Waals surface area contributed by atoms with E-state index >= 15 is 0 Å². The van der Waals surface area contributed by atoms with Crippen LogP contribution in [-0.2, 0) is 0 Å². The highest BCUT2D eigenvalue weighted by molar-refractivity contribution is 5.89. The maximum absolute atomic E-state index is 12.0. The first-order chi connectivity index (χ1) is 11.7. The van der Waals surface area contributed by atoms with Crippen LogP contribution < -0.4 is 10.6 Å². The van der Waals surface area contributed by atoms with Crippen LogP contribution in [0.1, 0.15) is 26.7 Å². The molecule has 0 spiro atoms. The highest BCUT2D eigenvalue weighted by Crippen LogP contribution is 2.18. The molecule has 2 amide bonds. The topological polar surface area (TPSA) is 108 Å². The Balaban J connectivity index is 1.81. The average molecular weight is 325 g/mol. The zero-order valence-corrected chi connectivity index (χ0v) is 13.6. The molecule has 0 atom stereocenters. The fraction of sp³-hybridized carbons (Fsp3) is 0.312. The van der Waals surface area contributed by atoms with Gasteiger partial charge in [-0.2, -0.15) is 5.10 Å². The first kappa shape index (κ1) is 15.9. The number of aromatic nitrogens is 5. The summed E-state index contributed by atoms with van der Waals surface area (Å²) in [6, 6.07) is 3.37. The van der Waals surface area contributed by atoms with E-state index in [0.29, 0.717) is 22.7 Å². The highest BCUT2D eigenvalue weighted by Gasteiger charge is 2.10. The summed E-state index contributed by atoms with van der Waals surface area (Å²) in [5.74, 6) is 0.435. The van der Waals surface area contributed by atoms with E-state index < -0.39 is 0 Å². The summed E-state index contributed by atoms with van der Waals surface area (Å²) in [6.07, 6.45) is 6.84. The molecular weight excluding hydrogens is 306 g/mol. The second kappa shape index (κ2) is 7.03. The molecule has 124 valence electrons. The van der Waals surface area contributed by atoms with Crippen molar-refractivity contribution in [3.63, 3.8) is 0 Å². The quantitative estimate of drug-likeness (QED) is 0.668. The van der Waals surface area contributed by atoms with E-state index in [1.165, 1.54) is 0 Å². The van der Waals surface area contributed by atoms with Crippen LogP contribution in [-0.4, -0.2) is 37.2 Å². The van der Waals surface area contributed by atoms with Crippen LogP contribution >= 0.6 is 0 Å². The second-order valence-electron chi connectivity index (χ2n) is 5.39. The normalized spacial score (nSPS) is 11.0. The minimum atomic E-state index is -0.269. The zero-order valence-electron chi connectivity index (χ0n) is 13.6. The lowest BCUT2D eigenvalue weighted by molar-refractivity contribution is 0.247. The van der Waals surface area contributed by atoms with Crippen molar-refractivity contribution in [1.29, 1.82) is 0 Å². The summed E-state index contributed by atoms with van der Waals surface area (Å²) < 4.78 is 0. The lowest BCUT2D eigenvalue weighted by atomic mass is 10.2. The van der Waals surface area contributed by atoms with Gasteiger partial charge in [-0.1, -0.05) is 13.8 Å². The Labute approximate surface area is 139 Å². The fourth-order valence-corrected chi connectivity index (χ4v) is 2.33. The van der Waals surface area contributed by atoms with Gasteiger partial charge in [0, 0.05) is 17.8 Å². The van der Waals surface area contributed by atoms with Crippen LogP contribution in [0, 0.1) is 0 Å². The third kappa shape index (κ3) is 3.48. The van der Waals surface area contributed by atoms with E-state index in [1.54, 1.807) is 30.7 Å². The van der Waals surface area contributed by atoms with E-state index in [9.17, 15) is 4.79 Å². The van der Waals surface area contributed by atoms with Crippen LogP contribution in [0.2, 0.25) is 0 Å². The van der Waals surface area contributed by atoms with Crippen molar-refractivity contribution in [1.82, 2.24) is 30.5 Å². The number of hydrogen-bond acceptors (Lipinski definition) is 5. The van der Waals surface area contributed by atoms with Crippen molar-refractivity contribution >= 4 is 23.0 Å². The molecule has 0 fully saturated rings. The third-order valence-electron chi connectivity index (χ3n) is 3.76. The van der Waals surface area contributed by atoms with Crippen LogP contribution in [0.3, 0.4) is 0 Å². The number of amides is 2. The Morgan fingerprint density at radius 3 is 2.75 bits per heavy atom. The zero-order chi connectivity index (χ0) is 16.9. The Morgan fingerprint density at radius 1 is 1.21 bits per heavy atom. The number of carbonyl (C=O) groups excluding carboxylic acids is 1. The number of anilines is 1. The Hall–Kier alpha value is -3.03. The first-order valence-electron chi connectivity index (χ1n) is 7.90. The lowest BCUT2D eigenvalue weighted by Gasteiger charge is -2.15. The minimum absolute atomic E-state index is 0.151. The smallest absolute Gasteiger partial charge is 0.320 e. The van der Waals surface area contributed by atoms with E-state index in [-0.39, 0.29) is 12.1 Å². The minimum Gasteiger partial charge on any atom is -0.335 e. The summed E-state index contributed by atoms with van der Waals surface area (Å²) in [5.41, 5.74) is 2.63. The van der Waals surface area contributed by atoms with Gasteiger partial charge in [0.1, 0.15) is 11.3 Å². The summed E-state index contributed by atoms with van der Waals surface area (Å²) in [4.78, 5) is 25.2. The molecule has 0 unspecified atom stereocenters. The van der Waals surface area contributed by atoms with Gasteiger partial charge in [0.25, 0.3) is 0 Å². The molecule has 0 aliphatic heterocycles. The number of hydrogen-bond donors (Lipinski definition) is 3. The van der Waals surface area contributed by atoms with Gasteiger partial charge >= 0.3 is 6.03 Å². The molecule has 0 aliphatic carbocycles. The molecule has 3 heterocycles. The molecular formula is C16H19N7O. The largest absolute Gasteiger partial charge is 0.335 e. The molecule has 0 aromatic carbocycles. The average Bonchev–Trinajstić information content (AvgIpc) is 3.13. The van der Waals surface area contributed by atoms with Gasteiger partial charge in [0.05, 0.1) is 18.1 Å². The summed E-state index contributed by atoms with van der Waals surface area (Å²) in [6.45, 7) is 4.07. The number of H-pyrrole nitrogens is 1. The number of urea groups is 1. The van der Waals surface area contributed by atoms with Crippen LogP contribution in [0.25, 0.3) is 22.4 Å². The van der Waals surface area contributed by atoms with Crippen molar-refractivity contribution in [2.75, 3.05) is 5.32 Å². The lowest BCUT2D eigenvalue weighted by Crippen LogP contribution is -2.37. The van der Waals surface area contributed by atoms with Crippen molar-refractivity contribution in [3.05, 3.63) is 30.7 Å². The Morgan fingerprint density at radius 2 is 2.04 bits per heavy atom. The van der Waals surface area contributed by atoms with Gasteiger partial charge < -0.3 is 5.32 Å². The number of nitrogens with one attached hydrogen (secondary N) is 3. The SMILES string of the molecule is CCC(CC)NC(=O)Nc1ccc2ncc(-c3cn[nH]c3)nc2n1. The van der Waals surface area contributed by atoms with Crippen LogP contribution in [0.5, 0.6) is 0 Å². The molecule has 3 N–H and O–H groups in total. The van der Waals surface area contributed by atoms with E-state index in [4.69, 9.17) is 0 Å². The van der Waals surface area contributed by atoms with E-state index in [2.05, 4.69) is 35.8 Å². The maximum atomic E-state index is 12.0. The molecule has 0 bridgehead atoms. The molecule has 0 saturated carbocycles. The molecule has 8 heteroatoms. The number of fused-ring (bicyclic) bond motifs is 1. The van der Waals surface area contributed by atoms with E-state index in [1.807, 2.05) is 13.8 Å². The van der Waals surface area contributed by atoms with E-state index in [0.717, 1.165) is 18.4 Å². The predicted octanol–water partition coefficient (Wildman–Crippen LogP) is 2.73. The standard InChI is InChI=1S/C16H19N7O/c1-3-11(4-2)20-16(24)23-14-6-5-12-15(22-14)21-13(9-17-12)10-7-18-19-8-10/h5-9,11H,3-4H2,1-2H3,(H,18,19)(H2,20,21,22,23,24). The number of rotatable bonds is 5. The summed E-state index contributed by atoms with van der Waals surface area (Å²) >= 11 is 0. The van der Waals surface area contributed by atoms with Crippen LogP contribution in [0.4, 0.5) is 10.6 Å². The monoisotopic (exact) mass is 325 g/mol. The molecule has 3 rings (SSSR count). The van der Waals surface area contributed by atoms with Gasteiger partial charge in [-0.05, 0) is 25.0 Å². The maximum Gasteiger partial charge on any atom is 0.320 e. The van der Waals surface area contributed by atoms with Gasteiger partial charge in [-0.15, -0.1) is 0 Å². The molecule has 0 aliphatic rings. The molecule has 8 nitrogen and oxygen atoms in total. The van der Waals surface area contributed by atoms with Crippen molar-refractivity contribution < 1.29 is 4.79 Å². The highest BCUT2D eigenvalue weighted by atomic mass is 16.2. The van der Waals surface area contributed by atoms with Crippen molar-refractivity contribution in [2.45, 2.75) is 32.7 Å². The number of carbonyl (C=O) groups is 1. The van der Waals surface area contributed by atoms with Crippen LogP contribution in [0.15, 0.2) is 30.7 Å². The fourth-order valence-electron chi connectivity index (χ4n) is 2.33. The van der Waals surface area contributed by atoms with Crippen molar-refractivity contribution in [3.8, 4) is 11.3 Å². The number of pyridine rings is 1. The van der Waals surface area contributed by atoms with Crippen molar-refractivity contribution in [2.24, 2.45) is 0 Å². The second-order valence-corrected chi connectivity index (χ2v) is 5.39. The van der Waals surface area contributed by atoms with Gasteiger partial charge in [0.15, 0.2) is 5.65 Å². The first-order valence-corrected chi connectivity index (χ1v) is 7.90. The van der Waals surface area contributed by atoms with Gasteiger partial charge in [-0.3, -0.25) is 15.4 Å². The molecule has 24 heavy (non-hydrogen) atoms. The third-order valence-corrected chi connectivity index (χ3v) is 3.76. The molecule has 3 aromatic rings. The van der Waals surface area contributed by atoms with Gasteiger partial charge in [0.2, 0.25) is 0 Å². The number of nitrogens with zero attached hydrogens (tertiary/aromatic N) is 4. The predicted molar refractivity (Wildman–Crippen MR) is 91.4 cm³/mol. The molecule has 0 saturated heterocycles. The van der Waals surface area contributed by atoms with Gasteiger partial charge in [-0.25, -0.2) is 14.8 Å². The molecule has 3 aromatic heterocycles.